The summed E-state index contributed by atoms with van der Waals surface area (Å²) in [6.07, 6.45) is -2.53. The Balaban J connectivity index is 1.24. The lowest BCUT2D eigenvalue weighted by Gasteiger charge is -2.34. The number of hydrogen-bond donors (Lipinski definition) is 2. The number of carbonyl (C=O) groups is 1. The number of fused-ring (bicyclic) bond motifs is 2. The van der Waals surface area contributed by atoms with Crippen molar-refractivity contribution in [1.29, 1.82) is 0 Å². The van der Waals surface area contributed by atoms with Crippen molar-refractivity contribution in [1.82, 2.24) is 30.1 Å². The molecule has 1 aliphatic heterocycles. The Bertz CT molecular complexity index is 1290. The van der Waals surface area contributed by atoms with Crippen LogP contribution >= 0.6 is 0 Å². The van der Waals surface area contributed by atoms with Gasteiger partial charge in [0.15, 0.2) is 11.4 Å². The SMILES string of the molecule is O=C(Cc1noc2cc(Nc3n[nH]c4cccnc34)ccc12)N1CCN(CC(F)(F)F)CC1. The standard InChI is InChI=1S/C21H20F3N7O2/c22-21(23,24)12-30-6-8-31(9-7-30)18(32)11-16-14-4-3-13(10-17(14)33-29-16)26-20-19-15(27-28-20)2-1-5-25-19/h1-5,10H,6-9,11-12H2,(H2,26,27,28). The van der Waals surface area contributed by atoms with Gasteiger partial charge in [-0.25, -0.2) is 0 Å². The number of aromatic nitrogens is 4. The van der Waals surface area contributed by atoms with E-state index in [0.717, 1.165) is 11.2 Å². The van der Waals surface area contributed by atoms with Gasteiger partial charge in [0.25, 0.3) is 0 Å². The molecule has 4 heterocycles. The minimum atomic E-state index is -4.24. The molecule has 0 radical (unpaired) electrons. The van der Waals surface area contributed by atoms with Crippen LogP contribution in [0.1, 0.15) is 5.69 Å². The van der Waals surface area contributed by atoms with Crippen molar-refractivity contribution in [2.24, 2.45) is 0 Å². The lowest BCUT2D eigenvalue weighted by Crippen LogP contribution is -2.51. The average Bonchev–Trinajstić information content (AvgIpc) is 3.37. The summed E-state index contributed by atoms with van der Waals surface area (Å²) in [6, 6.07) is 9.08. The largest absolute Gasteiger partial charge is 0.401 e. The van der Waals surface area contributed by atoms with Crippen LogP contribution in [0.3, 0.4) is 0 Å². The summed E-state index contributed by atoms with van der Waals surface area (Å²) in [5, 5.41) is 15.1. The van der Waals surface area contributed by atoms with Crippen molar-refractivity contribution in [3.05, 3.63) is 42.2 Å². The van der Waals surface area contributed by atoms with Crippen LogP contribution in [0.4, 0.5) is 24.7 Å². The topological polar surface area (TPSA) is 103 Å². The van der Waals surface area contributed by atoms with Crippen molar-refractivity contribution >= 4 is 39.4 Å². The molecule has 9 nitrogen and oxygen atoms in total. The summed E-state index contributed by atoms with van der Waals surface area (Å²) in [4.78, 5) is 19.9. The number of hydrogen-bond acceptors (Lipinski definition) is 7. The molecule has 0 spiro atoms. The van der Waals surface area contributed by atoms with Gasteiger partial charge in [0.2, 0.25) is 5.91 Å². The Morgan fingerprint density at radius 1 is 1.18 bits per heavy atom. The van der Waals surface area contributed by atoms with Crippen LogP contribution in [0.5, 0.6) is 0 Å². The fourth-order valence-electron chi connectivity index (χ4n) is 3.94. The number of carbonyl (C=O) groups excluding carboxylic acids is 1. The Morgan fingerprint density at radius 3 is 2.79 bits per heavy atom. The van der Waals surface area contributed by atoms with Crippen LogP contribution in [0.2, 0.25) is 0 Å². The second kappa shape index (κ2) is 8.35. The van der Waals surface area contributed by atoms with Crippen molar-refractivity contribution < 1.29 is 22.5 Å². The molecule has 0 saturated carbocycles. The smallest absolute Gasteiger partial charge is 0.356 e. The molecule has 0 bridgehead atoms. The summed E-state index contributed by atoms with van der Waals surface area (Å²) < 4.78 is 43.1. The Morgan fingerprint density at radius 2 is 2.00 bits per heavy atom. The molecule has 2 N–H and O–H groups in total. The fourth-order valence-corrected chi connectivity index (χ4v) is 3.94. The van der Waals surface area contributed by atoms with Crippen molar-refractivity contribution in [3.63, 3.8) is 0 Å². The maximum Gasteiger partial charge on any atom is 0.401 e. The third-order valence-corrected chi connectivity index (χ3v) is 5.58. The summed E-state index contributed by atoms with van der Waals surface area (Å²) in [5.74, 6) is 0.387. The van der Waals surface area contributed by atoms with Gasteiger partial charge in [0.1, 0.15) is 11.2 Å². The average molecular weight is 459 g/mol. The van der Waals surface area contributed by atoms with Crippen molar-refractivity contribution in [2.75, 3.05) is 38.0 Å². The van der Waals surface area contributed by atoms with Crippen molar-refractivity contribution in [3.8, 4) is 0 Å². The molecule has 12 heteroatoms. The molecule has 5 rings (SSSR count). The summed E-state index contributed by atoms with van der Waals surface area (Å²) in [5.41, 5.74) is 3.23. The van der Waals surface area contributed by atoms with E-state index >= 15 is 0 Å². The van der Waals surface area contributed by atoms with Crippen LogP contribution in [-0.4, -0.2) is 74.9 Å². The number of rotatable bonds is 5. The number of anilines is 2. The van der Waals surface area contributed by atoms with E-state index < -0.39 is 12.7 Å². The highest BCUT2D eigenvalue weighted by Gasteiger charge is 2.33. The molecule has 1 fully saturated rings. The number of nitrogens with one attached hydrogen (secondary N) is 2. The zero-order valence-electron chi connectivity index (χ0n) is 17.4. The number of piperazine rings is 1. The molecule has 3 aromatic heterocycles. The first-order valence-corrected chi connectivity index (χ1v) is 10.4. The van der Waals surface area contributed by atoms with Gasteiger partial charge in [-0.05, 0) is 24.3 Å². The second-order valence-electron chi connectivity index (χ2n) is 7.89. The first-order chi connectivity index (χ1) is 15.9. The molecule has 4 aromatic rings. The van der Waals surface area contributed by atoms with Gasteiger partial charge in [-0.15, -0.1) is 0 Å². The van der Waals surface area contributed by atoms with Gasteiger partial charge in [-0.3, -0.25) is 19.8 Å². The van der Waals surface area contributed by atoms with E-state index in [9.17, 15) is 18.0 Å². The lowest BCUT2D eigenvalue weighted by atomic mass is 10.1. The third-order valence-electron chi connectivity index (χ3n) is 5.58. The third kappa shape index (κ3) is 4.60. The maximum absolute atomic E-state index is 12.7. The molecule has 33 heavy (non-hydrogen) atoms. The van der Waals surface area contributed by atoms with Crippen LogP contribution < -0.4 is 5.32 Å². The maximum atomic E-state index is 12.7. The highest BCUT2D eigenvalue weighted by molar-refractivity contribution is 5.91. The number of benzene rings is 1. The highest BCUT2D eigenvalue weighted by Crippen LogP contribution is 2.27. The van der Waals surface area contributed by atoms with E-state index in [0.29, 0.717) is 28.0 Å². The van der Waals surface area contributed by atoms with Crippen LogP contribution in [-0.2, 0) is 11.2 Å². The van der Waals surface area contributed by atoms with Crippen LogP contribution in [0, 0.1) is 0 Å². The van der Waals surface area contributed by atoms with E-state index in [-0.39, 0.29) is 38.5 Å². The number of pyridine rings is 1. The minimum Gasteiger partial charge on any atom is -0.356 e. The Labute approximate surface area is 185 Å². The molecule has 1 aliphatic rings. The highest BCUT2D eigenvalue weighted by atomic mass is 19.4. The van der Waals surface area contributed by atoms with Crippen molar-refractivity contribution in [2.45, 2.75) is 12.6 Å². The zero-order valence-corrected chi connectivity index (χ0v) is 17.4. The first-order valence-electron chi connectivity index (χ1n) is 10.4. The summed E-state index contributed by atoms with van der Waals surface area (Å²) >= 11 is 0. The molecular formula is C21H20F3N7O2. The predicted molar refractivity (Wildman–Crippen MR) is 114 cm³/mol. The van der Waals surface area contributed by atoms with Gasteiger partial charge in [-0.2, -0.15) is 18.3 Å². The molecular weight excluding hydrogens is 439 g/mol. The number of amides is 1. The normalized spacial score (nSPS) is 15.4. The minimum absolute atomic E-state index is 0.0208. The summed E-state index contributed by atoms with van der Waals surface area (Å²) in [6.45, 7) is -0.0640. The number of aromatic amines is 1. The molecule has 1 saturated heterocycles. The molecule has 172 valence electrons. The van der Waals surface area contributed by atoms with Crippen LogP contribution in [0.25, 0.3) is 22.0 Å². The van der Waals surface area contributed by atoms with E-state index in [2.05, 4.69) is 25.7 Å². The number of alkyl halides is 3. The molecule has 1 aromatic carbocycles. The van der Waals surface area contributed by atoms with Gasteiger partial charge < -0.3 is 14.7 Å². The van der Waals surface area contributed by atoms with Gasteiger partial charge in [0.05, 0.1) is 18.5 Å². The monoisotopic (exact) mass is 459 g/mol. The number of halogens is 3. The van der Waals surface area contributed by atoms with E-state index in [1.54, 1.807) is 23.2 Å². The lowest BCUT2D eigenvalue weighted by molar-refractivity contribution is -0.151. The predicted octanol–water partition coefficient (Wildman–Crippen LogP) is 3.09. The Kier molecular flexibility index (Phi) is 5.36. The van der Waals surface area contributed by atoms with Gasteiger partial charge >= 0.3 is 6.18 Å². The zero-order chi connectivity index (χ0) is 23.0. The van der Waals surface area contributed by atoms with Gasteiger partial charge in [0, 0.05) is 49.5 Å². The fraction of sp³-hybridized carbons (Fsp3) is 0.333. The number of nitrogens with zero attached hydrogens (tertiary/aromatic N) is 5. The second-order valence-corrected chi connectivity index (χ2v) is 7.89. The van der Waals surface area contributed by atoms with E-state index in [1.165, 1.54) is 4.90 Å². The molecule has 1 amide bonds. The van der Waals surface area contributed by atoms with Gasteiger partial charge in [-0.1, -0.05) is 5.16 Å². The quantitative estimate of drug-likeness (QED) is 0.473. The molecule has 0 unspecified atom stereocenters. The first kappa shape index (κ1) is 21.2. The number of H-pyrrole nitrogens is 1. The molecule has 0 atom stereocenters. The Hall–Kier alpha value is -3.67. The molecule has 0 aliphatic carbocycles. The van der Waals surface area contributed by atoms with E-state index in [4.69, 9.17) is 4.52 Å². The van der Waals surface area contributed by atoms with E-state index in [1.807, 2.05) is 18.2 Å². The summed E-state index contributed by atoms with van der Waals surface area (Å²) in [7, 11) is 0. The van der Waals surface area contributed by atoms with Crippen LogP contribution in [0.15, 0.2) is 41.1 Å².